The van der Waals surface area contributed by atoms with Crippen LogP contribution in [0.1, 0.15) is 17.5 Å². The molecule has 3 rings (SSSR count). The average molecular weight is 430 g/mol. The fourth-order valence-electron chi connectivity index (χ4n) is 2.40. The molecule has 0 saturated heterocycles. The molecule has 3 heteroatoms. The number of rotatable bonds is 2. The third-order valence-electron chi connectivity index (χ3n) is 3.59. The molecule has 0 spiro atoms. The van der Waals surface area contributed by atoms with Crippen LogP contribution >= 0.6 is 31.9 Å². The van der Waals surface area contributed by atoms with Crippen LogP contribution in [0, 0.1) is 0 Å². The SMILES string of the molecule is O=C1/C(=C/c2ccc(Br)cc2)C=CC/C1=C\c1ccc(Br)cc1. The molecule has 1 aliphatic carbocycles. The minimum Gasteiger partial charge on any atom is -0.289 e. The second-order valence-electron chi connectivity index (χ2n) is 5.31. The summed E-state index contributed by atoms with van der Waals surface area (Å²) in [5, 5.41) is 0. The number of ketones is 1. The molecule has 0 heterocycles. The number of allylic oxidation sites excluding steroid dienone is 4. The number of halogens is 2. The van der Waals surface area contributed by atoms with E-state index in [-0.39, 0.29) is 5.78 Å². The Morgan fingerprint density at radius 3 is 1.87 bits per heavy atom. The van der Waals surface area contributed by atoms with Gasteiger partial charge < -0.3 is 0 Å². The van der Waals surface area contributed by atoms with Gasteiger partial charge in [-0.25, -0.2) is 0 Å². The van der Waals surface area contributed by atoms with E-state index >= 15 is 0 Å². The highest BCUT2D eigenvalue weighted by atomic mass is 79.9. The zero-order valence-corrected chi connectivity index (χ0v) is 15.5. The van der Waals surface area contributed by atoms with E-state index in [4.69, 9.17) is 0 Å². The van der Waals surface area contributed by atoms with E-state index in [1.54, 1.807) is 0 Å². The van der Waals surface area contributed by atoms with Crippen LogP contribution in [-0.2, 0) is 4.79 Å². The van der Waals surface area contributed by atoms with E-state index in [0.29, 0.717) is 6.42 Å². The predicted molar refractivity (Wildman–Crippen MR) is 103 cm³/mol. The van der Waals surface area contributed by atoms with E-state index in [1.807, 2.05) is 72.8 Å². The molecule has 0 N–H and O–H groups in total. The highest BCUT2D eigenvalue weighted by Gasteiger charge is 2.16. The highest BCUT2D eigenvalue weighted by Crippen LogP contribution is 2.24. The van der Waals surface area contributed by atoms with Crippen LogP contribution in [0.5, 0.6) is 0 Å². The molecule has 2 aromatic carbocycles. The highest BCUT2D eigenvalue weighted by molar-refractivity contribution is 9.10. The molecule has 2 aromatic rings. The van der Waals surface area contributed by atoms with E-state index in [1.165, 1.54) is 0 Å². The van der Waals surface area contributed by atoms with Crippen LogP contribution in [-0.4, -0.2) is 5.78 Å². The number of benzene rings is 2. The van der Waals surface area contributed by atoms with Crippen molar-refractivity contribution < 1.29 is 4.79 Å². The van der Waals surface area contributed by atoms with Gasteiger partial charge in [-0.15, -0.1) is 0 Å². The number of carbonyl (C=O) groups excluding carboxylic acids is 1. The maximum Gasteiger partial charge on any atom is 0.189 e. The first kappa shape index (κ1) is 16.2. The molecule has 0 fully saturated rings. The summed E-state index contributed by atoms with van der Waals surface area (Å²) in [6.45, 7) is 0. The summed E-state index contributed by atoms with van der Waals surface area (Å²) in [5.41, 5.74) is 3.60. The Kier molecular flexibility index (Phi) is 5.09. The zero-order valence-electron chi connectivity index (χ0n) is 12.3. The van der Waals surface area contributed by atoms with Gasteiger partial charge in [-0.1, -0.05) is 68.3 Å². The van der Waals surface area contributed by atoms with Crippen LogP contribution in [0.3, 0.4) is 0 Å². The van der Waals surface area contributed by atoms with Crippen LogP contribution in [0.2, 0.25) is 0 Å². The standard InChI is InChI=1S/C20H14Br2O/c21-18-8-4-14(5-9-18)12-16-2-1-3-17(20(16)23)13-15-6-10-19(22)11-7-15/h1-2,4-13H,3H2/b16-12+,17-13+. The fourth-order valence-corrected chi connectivity index (χ4v) is 2.93. The van der Waals surface area contributed by atoms with Gasteiger partial charge in [-0.2, -0.15) is 0 Å². The van der Waals surface area contributed by atoms with Crippen molar-refractivity contribution in [3.05, 3.63) is 91.9 Å². The van der Waals surface area contributed by atoms with Crippen LogP contribution in [0.15, 0.2) is 80.8 Å². The molecule has 0 atom stereocenters. The van der Waals surface area contributed by atoms with Crippen molar-refractivity contribution in [3.8, 4) is 0 Å². The third-order valence-corrected chi connectivity index (χ3v) is 4.65. The number of carbonyl (C=O) groups is 1. The van der Waals surface area contributed by atoms with Gasteiger partial charge in [-0.3, -0.25) is 4.79 Å². The molecule has 0 amide bonds. The molecule has 0 aliphatic heterocycles. The van der Waals surface area contributed by atoms with Gasteiger partial charge in [0.25, 0.3) is 0 Å². The molecule has 0 radical (unpaired) electrons. The topological polar surface area (TPSA) is 17.1 Å². The average Bonchev–Trinajstić information content (AvgIpc) is 2.55. The first-order valence-electron chi connectivity index (χ1n) is 7.26. The summed E-state index contributed by atoms with van der Waals surface area (Å²) in [4.78, 5) is 12.7. The van der Waals surface area contributed by atoms with Gasteiger partial charge in [0, 0.05) is 20.1 Å². The van der Waals surface area contributed by atoms with Gasteiger partial charge in [0.05, 0.1) is 0 Å². The molecule has 114 valence electrons. The van der Waals surface area contributed by atoms with Crippen LogP contribution in [0.4, 0.5) is 0 Å². The summed E-state index contributed by atoms with van der Waals surface area (Å²) in [7, 11) is 0. The third kappa shape index (κ3) is 4.18. The molecule has 1 aliphatic rings. The summed E-state index contributed by atoms with van der Waals surface area (Å²) >= 11 is 6.84. The summed E-state index contributed by atoms with van der Waals surface area (Å²) in [6, 6.07) is 15.9. The minimum atomic E-state index is 0.0957. The van der Waals surface area contributed by atoms with Gasteiger partial charge in [0.15, 0.2) is 5.78 Å². The van der Waals surface area contributed by atoms with Crippen molar-refractivity contribution >= 4 is 49.8 Å². The molecule has 23 heavy (non-hydrogen) atoms. The van der Waals surface area contributed by atoms with E-state index in [0.717, 1.165) is 31.2 Å². The molecule has 1 nitrogen and oxygen atoms in total. The van der Waals surface area contributed by atoms with Crippen molar-refractivity contribution in [1.29, 1.82) is 0 Å². The Hall–Kier alpha value is -1.71. The van der Waals surface area contributed by atoms with Crippen molar-refractivity contribution in [3.63, 3.8) is 0 Å². The fraction of sp³-hybridized carbons (Fsp3) is 0.0500. The Morgan fingerprint density at radius 2 is 1.30 bits per heavy atom. The van der Waals surface area contributed by atoms with Gasteiger partial charge in [-0.05, 0) is 54.0 Å². The Morgan fingerprint density at radius 1 is 0.783 bits per heavy atom. The van der Waals surface area contributed by atoms with Crippen molar-refractivity contribution in [2.24, 2.45) is 0 Å². The normalized spacial score (nSPS) is 17.9. The Balaban J connectivity index is 1.89. The van der Waals surface area contributed by atoms with Crippen LogP contribution < -0.4 is 0 Å². The molecule has 0 unspecified atom stereocenters. The van der Waals surface area contributed by atoms with E-state index in [2.05, 4.69) is 31.9 Å². The Labute approximate surface area is 152 Å². The second-order valence-corrected chi connectivity index (χ2v) is 7.14. The first-order valence-corrected chi connectivity index (χ1v) is 8.85. The molecular formula is C20H14Br2O. The summed E-state index contributed by atoms with van der Waals surface area (Å²) < 4.78 is 2.06. The minimum absolute atomic E-state index is 0.0957. The lowest BCUT2D eigenvalue weighted by atomic mass is 9.92. The maximum absolute atomic E-state index is 12.7. The van der Waals surface area contributed by atoms with E-state index in [9.17, 15) is 4.79 Å². The van der Waals surface area contributed by atoms with E-state index < -0.39 is 0 Å². The predicted octanol–water partition coefficient (Wildman–Crippen LogP) is 6.21. The van der Waals surface area contributed by atoms with Gasteiger partial charge in [0.1, 0.15) is 0 Å². The van der Waals surface area contributed by atoms with Crippen LogP contribution in [0.25, 0.3) is 12.2 Å². The van der Waals surface area contributed by atoms with Crippen molar-refractivity contribution in [1.82, 2.24) is 0 Å². The quantitative estimate of drug-likeness (QED) is 0.518. The summed E-state index contributed by atoms with van der Waals surface area (Å²) in [5.74, 6) is 0.0957. The van der Waals surface area contributed by atoms with Crippen molar-refractivity contribution in [2.45, 2.75) is 6.42 Å². The number of hydrogen-bond acceptors (Lipinski definition) is 1. The smallest absolute Gasteiger partial charge is 0.189 e. The lowest BCUT2D eigenvalue weighted by Crippen LogP contribution is -2.08. The summed E-state index contributed by atoms with van der Waals surface area (Å²) in [6.07, 6.45) is 8.51. The lowest BCUT2D eigenvalue weighted by molar-refractivity contribution is -0.112. The maximum atomic E-state index is 12.7. The molecular weight excluding hydrogens is 416 g/mol. The van der Waals surface area contributed by atoms with Gasteiger partial charge in [0.2, 0.25) is 0 Å². The first-order chi connectivity index (χ1) is 11.1. The zero-order chi connectivity index (χ0) is 16.2. The Bertz CT molecular complexity index is 810. The monoisotopic (exact) mass is 428 g/mol. The number of hydrogen-bond donors (Lipinski definition) is 0. The number of Topliss-reactive ketones (excluding diaryl/α,β-unsaturated/α-hetero) is 1. The molecule has 0 aromatic heterocycles. The lowest BCUT2D eigenvalue weighted by Gasteiger charge is -2.11. The molecule has 0 bridgehead atoms. The second kappa shape index (κ2) is 7.24. The molecule has 0 saturated carbocycles. The largest absolute Gasteiger partial charge is 0.289 e. The van der Waals surface area contributed by atoms with Crippen molar-refractivity contribution in [2.75, 3.05) is 0 Å². The van der Waals surface area contributed by atoms with Gasteiger partial charge >= 0.3 is 0 Å².